The van der Waals surface area contributed by atoms with Crippen molar-refractivity contribution < 1.29 is 4.79 Å². The van der Waals surface area contributed by atoms with Crippen LogP contribution in [0.25, 0.3) is 0 Å². The van der Waals surface area contributed by atoms with Gasteiger partial charge in [0, 0.05) is 5.69 Å². The molecule has 1 amide bonds. The number of benzene rings is 2. The monoisotopic (exact) mass is 400 g/mol. The van der Waals surface area contributed by atoms with Gasteiger partial charge in [-0.15, -0.1) is 23.5 Å². The van der Waals surface area contributed by atoms with Gasteiger partial charge >= 0.3 is 0 Å². The molecule has 5 heteroatoms. The van der Waals surface area contributed by atoms with Gasteiger partial charge in [0.25, 0.3) is 0 Å². The van der Waals surface area contributed by atoms with E-state index in [9.17, 15) is 4.79 Å². The molecule has 1 saturated heterocycles. The molecule has 27 heavy (non-hydrogen) atoms. The van der Waals surface area contributed by atoms with E-state index in [1.807, 2.05) is 59.9 Å². The van der Waals surface area contributed by atoms with E-state index in [1.165, 1.54) is 23.5 Å². The van der Waals surface area contributed by atoms with Crippen LogP contribution in [-0.2, 0) is 4.79 Å². The number of nitrogens with one attached hydrogen (secondary N) is 1. The van der Waals surface area contributed by atoms with E-state index < -0.39 is 0 Å². The van der Waals surface area contributed by atoms with Crippen LogP contribution in [0, 0.1) is 0 Å². The predicted octanol–water partition coefficient (Wildman–Crippen LogP) is 5.58. The van der Waals surface area contributed by atoms with Crippen molar-refractivity contribution in [2.24, 2.45) is 0 Å². The van der Waals surface area contributed by atoms with Crippen LogP contribution in [0.5, 0.6) is 0 Å². The van der Waals surface area contributed by atoms with Crippen LogP contribution in [-0.4, -0.2) is 35.4 Å². The Balaban J connectivity index is 1.79. The van der Waals surface area contributed by atoms with Crippen molar-refractivity contribution in [1.29, 1.82) is 0 Å². The zero-order valence-corrected chi connectivity index (χ0v) is 17.7. The van der Waals surface area contributed by atoms with Gasteiger partial charge in [-0.25, -0.2) is 0 Å². The maximum Gasteiger partial charge on any atom is 0.246 e. The van der Waals surface area contributed by atoms with Crippen LogP contribution in [0.4, 0.5) is 5.69 Å². The molecule has 3 nitrogen and oxygen atoms in total. The van der Waals surface area contributed by atoms with Gasteiger partial charge in [0.05, 0.1) is 4.58 Å². The molecule has 2 aromatic rings. The zero-order valence-electron chi connectivity index (χ0n) is 16.1. The molecule has 144 valence electrons. The first-order chi connectivity index (χ1) is 13.2. The lowest BCUT2D eigenvalue weighted by molar-refractivity contribution is -0.121. The van der Waals surface area contributed by atoms with E-state index in [0.29, 0.717) is 4.58 Å². The van der Waals surface area contributed by atoms with E-state index in [0.717, 1.165) is 24.3 Å². The number of thioether (sulfide) groups is 2. The standard InChI is InChI=1S/C22H28N2OS2/c1-3-24(4-2)20(17-10-6-5-7-11-17)21(25)23-19-13-8-12-18(16-19)22-26-14-9-15-27-22/h5-8,10-13,16,20,22H,3-4,9,14-15H2,1-2H3,(H,23,25). The Morgan fingerprint density at radius 3 is 2.44 bits per heavy atom. The number of anilines is 1. The summed E-state index contributed by atoms with van der Waals surface area (Å²) < 4.78 is 0.475. The SMILES string of the molecule is CCN(CC)C(C(=O)Nc1cccc(C2SCCCS2)c1)c1ccccc1. The molecular formula is C22H28N2OS2. The summed E-state index contributed by atoms with van der Waals surface area (Å²) in [6.45, 7) is 5.87. The predicted molar refractivity (Wildman–Crippen MR) is 119 cm³/mol. The third-order valence-electron chi connectivity index (χ3n) is 4.79. The van der Waals surface area contributed by atoms with Crippen molar-refractivity contribution in [2.75, 3.05) is 29.9 Å². The van der Waals surface area contributed by atoms with Gasteiger partial charge in [0.2, 0.25) is 5.91 Å². The Kier molecular flexibility index (Phi) is 7.68. The number of likely N-dealkylation sites (N-methyl/N-ethyl adjacent to an activating group) is 1. The summed E-state index contributed by atoms with van der Waals surface area (Å²) in [5.74, 6) is 2.46. The Labute approximate surface area is 171 Å². The third kappa shape index (κ3) is 5.31. The molecule has 2 aromatic carbocycles. The first kappa shape index (κ1) is 20.3. The van der Waals surface area contributed by atoms with Gasteiger partial charge in [-0.1, -0.05) is 56.3 Å². The Morgan fingerprint density at radius 1 is 1.07 bits per heavy atom. The van der Waals surface area contributed by atoms with E-state index in [4.69, 9.17) is 0 Å². The first-order valence-corrected chi connectivity index (χ1v) is 11.8. The number of carbonyl (C=O) groups is 1. The molecule has 0 aliphatic carbocycles. The van der Waals surface area contributed by atoms with Crippen LogP contribution < -0.4 is 5.32 Å². The molecule has 0 saturated carbocycles. The van der Waals surface area contributed by atoms with Crippen molar-refractivity contribution in [1.82, 2.24) is 4.90 Å². The fourth-order valence-electron chi connectivity index (χ4n) is 3.41. The van der Waals surface area contributed by atoms with Gasteiger partial charge in [0.1, 0.15) is 6.04 Å². The molecule has 1 aliphatic heterocycles. The van der Waals surface area contributed by atoms with Gasteiger partial charge in [-0.3, -0.25) is 9.69 Å². The highest BCUT2D eigenvalue weighted by Crippen LogP contribution is 2.44. The highest BCUT2D eigenvalue weighted by Gasteiger charge is 2.26. The topological polar surface area (TPSA) is 32.3 Å². The molecule has 1 aliphatic rings. The molecule has 1 heterocycles. The number of hydrogen-bond acceptors (Lipinski definition) is 4. The average Bonchev–Trinajstić information content (AvgIpc) is 2.73. The summed E-state index contributed by atoms with van der Waals surface area (Å²) >= 11 is 4.00. The van der Waals surface area contributed by atoms with Crippen LogP contribution in [0.3, 0.4) is 0 Å². The molecule has 0 radical (unpaired) electrons. The molecule has 1 fully saturated rings. The summed E-state index contributed by atoms with van der Waals surface area (Å²) in [7, 11) is 0. The lowest BCUT2D eigenvalue weighted by atomic mass is 10.0. The largest absolute Gasteiger partial charge is 0.324 e. The molecule has 1 N–H and O–H groups in total. The second kappa shape index (κ2) is 10.2. The van der Waals surface area contributed by atoms with Gasteiger partial charge in [0.15, 0.2) is 0 Å². The van der Waals surface area contributed by atoms with Crippen molar-refractivity contribution >= 4 is 35.1 Å². The highest BCUT2D eigenvalue weighted by molar-refractivity contribution is 8.16. The molecule has 1 unspecified atom stereocenters. The fraction of sp³-hybridized carbons (Fsp3) is 0.409. The third-order valence-corrected chi connectivity index (χ3v) is 7.81. The summed E-state index contributed by atoms with van der Waals surface area (Å²) in [4.78, 5) is 15.4. The smallest absolute Gasteiger partial charge is 0.246 e. The summed E-state index contributed by atoms with van der Waals surface area (Å²) in [6.07, 6.45) is 1.28. The van der Waals surface area contributed by atoms with Crippen LogP contribution in [0.15, 0.2) is 54.6 Å². The summed E-state index contributed by atoms with van der Waals surface area (Å²) in [5, 5.41) is 3.17. The average molecular weight is 401 g/mol. The fourth-order valence-corrected chi connectivity index (χ4v) is 6.28. The van der Waals surface area contributed by atoms with E-state index in [2.05, 4.69) is 42.3 Å². The lowest BCUT2D eigenvalue weighted by Crippen LogP contribution is -2.37. The Morgan fingerprint density at radius 2 is 1.78 bits per heavy atom. The number of rotatable bonds is 7. The first-order valence-electron chi connectivity index (χ1n) is 9.66. The van der Waals surface area contributed by atoms with Crippen LogP contribution in [0.1, 0.15) is 42.0 Å². The number of hydrogen-bond donors (Lipinski definition) is 1. The Bertz CT molecular complexity index is 728. The number of nitrogens with zero attached hydrogens (tertiary/aromatic N) is 1. The maximum absolute atomic E-state index is 13.2. The Hall–Kier alpha value is -1.43. The van der Waals surface area contributed by atoms with Crippen molar-refractivity contribution in [3.05, 3.63) is 65.7 Å². The zero-order chi connectivity index (χ0) is 19.1. The lowest BCUT2D eigenvalue weighted by Gasteiger charge is -2.29. The highest BCUT2D eigenvalue weighted by atomic mass is 32.2. The van der Waals surface area contributed by atoms with E-state index >= 15 is 0 Å². The number of amides is 1. The minimum Gasteiger partial charge on any atom is -0.324 e. The molecular weight excluding hydrogens is 372 g/mol. The van der Waals surface area contributed by atoms with Crippen molar-refractivity contribution in [2.45, 2.75) is 30.9 Å². The minimum absolute atomic E-state index is 0.0333. The van der Waals surface area contributed by atoms with Crippen molar-refractivity contribution in [3.8, 4) is 0 Å². The van der Waals surface area contributed by atoms with Gasteiger partial charge in [-0.2, -0.15) is 0 Å². The van der Waals surface area contributed by atoms with E-state index in [1.54, 1.807) is 0 Å². The van der Waals surface area contributed by atoms with E-state index in [-0.39, 0.29) is 11.9 Å². The molecule has 0 spiro atoms. The molecule has 1 atom stereocenters. The minimum atomic E-state index is -0.275. The second-order valence-electron chi connectivity index (χ2n) is 6.58. The van der Waals surface area contributed by atoms with Crippen molar-refractivity contribution in [3.63, 3.8) is 0 Å². The van der Waals surface area contributed by atoms with Gasteiger partial charge in [-0.05, 0) is 54.3 Å². The summed E-state index contributed by atoms with van der Waals surface area (Å²) in [5.41, 5.74) is 3.22. The summed E-state index contributed by atoms with van der Waals surface area (Å²) in [6, 6.07) is 18.1. The molecule has 0 bridgehead atoms. The quantitative estimate of drug-likeness (QED) is 0.658. The van der Waals surface area contributed by atoms with Crippen LogP contribution in [0.2, 0.25) is 0 Å². The second-order valence-corrected chi connectivity index (χ2v) is 9.30. The molecule has 3 rings (SSSR count). The molecule has 0 aromatic heterocycles. The van der Waals surface area contributed by atoms with Crippen LogP contribution >= 0.6 is 23.5 Å². The maximum atomic E-state index is 13.2. The number of carbonyl (C=O) groups excluding carboxylic acids is 1. The normalized spacial score (nSPS) is 16.3. The van der Waals surface area contributed by atoms with Gasteiger partial charge < -0.3 is 5.32 Å².